The minimum atomic E-state index is -0.639. The lowest BCUT2D eigenvalue weighted by atomic mass is 27.8. The van der Waals surface area contributed by atoms with Crippen LogP contribution in [0.1, 0.15) is 0 Å². The van der Waals surface area contributed by atoms with Crippen molar-refractivity contribution in [2.24, 2.45) is 0 Å². The van der Waals surface area contributed by atoms with Crippen LogP contribution in [0.25, 0.3) is 0 Å². The molecule has 0 aliphatic rings. The predicted molar refractivity (Wildman–Crippen MR) is 38.8 cm³/mol. The van der Waals surface area contributed by atoms with Gasteiger partial charge in [-0.05, 0) is 11.0 Å². The third kappa shape index (κ3) is 34.1. The second kappa shape index (κ2) is 18.5. The molecule has 0 saturated carbocycles. The zero-order valence-corrected chi connectivity index (χ0v) is 5.61. The monoisotopic (exact) mass is 168 g/mol. The van der Waals surface area contributed by atoms with Gasteiger partial charge in [-0.1, -0.05) is 0 Å². The lowest BCUT2D eigenvalue weighted by Gasteiger charge is -1.39. The van der Waals surface area contributed by atoms with Crippen LogP contribution in [-0.4, -0.2) is 19.1 Å². The molecule has 0 aromatic carbocycles. The van der Waals surface area contributed by atoms with Crippen molar-refractivity contribution in [3.05, 3.63) is 0 Å². The molecule has 0 bridgehead atoms. The van der Waals surface area contributed by atoms with Crippen molar-refractivity contribution in [3.8, 4) is 0 Å². The van der Waals surface area contributed by atoms with E-state index in [0.717, 1.165) is 0 Å². The van der Waals surface area contributed by atoms with Crippen LogP contribution in [0.4, 0.5) is 0 Å². The van der Waals surface area contributed by atoms with Gasteiger partial charge in [-0.2, -0.15) is 22.2 Å². The summed E-state index contributed by atoms with van der Waals surface area (Å²) in [7, 11) is -0.639. The Morgan fingerprint density at radius 3 is 1.20 bits per heavy atom. The van der Waals surface area contributed by atoms with Crippen LogP contribution in [0, 0.1) is 0 Å². The molecule has 5 heteroatoms. The smallest absolute Gasteiger partial charge is 0.155 e. The van der Waals surface area contributed by atoms with Gasteiger partial charge in [0.15, 0.2) is 0 Å². The Morgan fingerprint density at radius 2 is 1.20 bits per heavy atom. The van der Waals surface area contributed by atoms with E-state index < -0.39 is 8.14 Å². The second-order valence-corrected chi connectivity index (χ2v) is 2.73. The summed E-state index contributed by atoms with van der Waals surface area (Å²) in [6, 6.07) is 0. The van der Waals surface area contributed by atoms with Crippen LogP contribution in [-0.2, 0) is 0 Å². The molecule has 0 unspecified atom stereocenters. The number of halogens is 3. The summed E-state index contributed by atoms with van der Waals surface area (Å²) in [6.07, 6.45) is 0. The predicted octanol–water partition coefficient (Wildman–Crippen LogP) is -0.567. The molecule has 0 heterocycles. The molecule has 36 valence electrons. The van der Waals surface area contributed by atoms with Gasteiger partial charge < -0.3 is 0 Å². The molecule has 0 spiro atoms. The summed E-state index contributed by atoms with van der Waals surface area (Å²) in [5.74, 6) is 0. The molecule has 0 fully saturated rings. The molecule has 0 amide bonds. The topological polar surface area (TPSA) is 0 Å². The molecule has 0 aliphatic carbocycles. The fourth-order valence-corrected chi connectivity index (χ4v) is 0. The highest BCUT2D eigenvalue weighted by atomic mass is 35.7. The van der Waals surface area contributed by atoms with Crippen molar-refractivity contribution in [2.75, 3.05) is 0 Å². The van der Waals surface area contributed by atoms with Gasteiger partial charge in [-0.25, -0.2) is 0 Å². The molecular formula is H7Cl3Si2. The Bertz CT molecular complexity index is 4.85. The molecule has 0 aromatic rings. The Labute approximate surface area is 53.9 Å². The third-order valence-electron chi connectivity index (χ3n) is 0. The Morgan fingerprint density at radius 1 is 1.20 bits per heavy atom. The molecule has 0 rings (SSSR count). The molecule has 0 aliphatic heterocycles. The van der Waals surface area contributed by atoms with Crippen molar-refractivity contribution in [3.63, 3.8) is 0 Å². The molecule has 0 radical (unpaired) electrons. The van der Waals surface area contributed by atoms with E-state index in [4.69, 9.17) is 22.2 Å². The van der Waals surface area contributed by atoms with E-state index in [1.807, 2.05) is 0 Å². The fourth-order valence-electron chi connectivity index (χ4n) is 0. The summed E-state index contributed by atoms with van der Waals surface area (Å²) >= 11 is 9.81. The normalized spacial score (nSPS) is 3.60. The average molecular weight is 170 g/mol. The van der Waals surface area contributed by atoms with Gasteiger partial charge in [-0.15, -0.1) is 12.4 Å². The SMILES string of the molecule is Cl.Cl[SiH2]Cl.[SiH4]. The third-order valence-corrected chi connectivity index (χ3v) is 0. The van der Waals surface area contributed by atoms with Crippen molar-refractivity contribution in [1.82, 2.24) is 0 Å². The highest BCUT2D eigenvalue weighted by Gasteiger charge is 1.46. The summed E-state index contributed by atoms with van der Waals surface area (Å²) in [5.41, 5.74) is 0. The molecule has 5 heavy (non-hydrogen) atoms. The van der Waals surface area contributed by atoms with Gasteiger partial charge in [0.05, 0.1) is 0 Å². The molecule has 0 aromatic heterocycles. The van der Waals surface area contributed by atoms with Crippen molar-refractivity contribution in [2.45, 2.75) is 0 Å². The summed E-state index contributed by atoms with van der Waals surface area (Å²) in [4.78, 5) is 0. The van der Waals surface area contributed by atoms with E-state index in [1.165, 1.54) is 0 Å². The van der Waals surface area contributed by atoms with Crippen LogP contribution < -0.4 is 0 Å². The lowest BCUT2D eigenvalue weighted by molar-refractivity contribution is 4.39. The molecule has 0 atom stereocenters. The quantitative estimate of drug-likeness (QED) is 0.337. The molecule has 0 nitrogen and oxygen atoms in total. The van der Waals surface area contributed by atoms with Gasteiger partial charge in [0.1, 0.15) is 0 Å². The zero-order valence-electron chi connectivity index (χ0n) is 1.87. The van der Waals surface area contributed by atoms with Crippen LogP contribution in [0.2, 0.25) is 0 Å². The van der Waals surface area contributed by atoms with E-state index in [9.17, 15) is 0 Å². The fraction of sp³-hybridized carbons (Fsp3) is 0. The molecular weight excluding hydrogens is 163 g/mol. The first-order valence-electron chi connectivity index (χ1n) is 0.535. The van der Waals surface area contributed by atoms with Gasteiger partial charge >= 0.3 is 0 Å². The highest BCUT2D eigenvalue weighted by Crippen LogP contribution is 1.67. The van der Waals surface area contributed by atoms with E-state index in [-0.39, 0.29) is 23.4 Å². The van der Waals surface area contributed by atoms with Gasteiger partial charge in [0.25, 0.3) is 0 Å². The Kier molecular flexibility index (Phi) is 60.1. The van der Waals surface area contributed by atoms with Gasteiger partial charge in [-0.3, -0.25) is 0 Å². The number of rotatable bonds is 0. The maximum absolute atomic E-state index is 4.90. The Hall–Kier alpha value is 1.30. The average Bonchev–Trinajstić information content (AvgIpc) is 0.918. The first-order valence-corrected chi connectivity index (χ1v) is 4.81. The van der Waals surface area contributed by atoms with Crippen molar-refractivity contribution >= 4 is 53.7 Å². The van der Waals surface area contributed by atoms with Crippen LogP contribution in [0.15, 0.2) is 0 Å². The van der Waals surface area contributed by atoms with Crippen LogP contribution >= 0.6 is 34.6 Å². The zero-order chi connectivity index (χ0) is 2.71. The van der Waals surface area contributed by atoms with E-state index in [1.54, 1.807) is 0 Å². The maximum atomic E-state index is 4.90. The number of hydrogen-bond donors (Lipinski definition) is 0. The van der Waals surface area contributed by atoms with Crippen LogP contribution in [0.5, 0.6) is 0 Å². The highest BCUT2D eigenvalue weighted by molar-refractivity contribution is 7.22. The van der Waals surface area contributed by atoms with Crippen molar-refractivity contribution in [1.29, 1.82) is 0 Å². The standard InChI is InChI=1S/Cl2H2Si.ClH.H4Si/c1-3-2;;/h3H2;1H;1H4. The van der Waals surface area contributed by atoms with Crippen LogP contribution in [0.3, 0.4) is 0 Å². The van der Waals surface area contributed by atoms with Gasteiger partial charge in [0.2, 0.25) is 8.14 Å². The van der Waals surface area contributed by atoms with Gasteiger partial charge in [0, 0.05) is 0 Å². The number of hydrogen-bond acceptors (Lipinski definition) is 0. The van der Waals surface area contributed by atoms with E-state index in [2.05, 4.69) is 0 Å². The van der Waals surface area contributed by atoms with E-state index in [0.29, 0.717) is 0 Å². The molecule has 0 saturated heterocycles. The summed E-state index contributed by atoms with van der Waals surface area (Å²) in [5, 5.41) is 0. The lowest BCUT2D eigenvalue weighted by Crippen LogP contribution is -1.36. The minimum Gasteiger partial charge on any atom is -0.155 e. The summed E-state index contributed by atoms with van der Waals surface area (Å²) < 4.78 is 0. The maximum Gasteiger partial charge on any atom is 0.222 e. The second-order valence-electron chi connectivity index (χ2n) is 0.101. The summed E-state index contributed by atoms with van der Waals surface area (Å²) in [6.45, 7) is 0. The largest absolute Gasteiger partial charge is 0.222 e. The molecule has 0 N–H and O–H groups in total. The first kappa shape index (κ1) is 16.2. The first-order chi connectivity index (χ1) is 1.41. The minimum absolute atomic E-state index is 0. The van der Waals surface area contributed by atoms with Crippen molar-refractivity contribution < 1.29 is 0 Å². The van der Waals surface area contributed by atoms with E-state index >= 15 is 0 Å². The Balaban J connectivity index is -0.0000000200.